The molecular weight excluding hydrogens is 428 g/mol. The highest BCUT2D eigenvalue weighted by atomic mass is 127. The first-order valence-electron chi connectivity index (χ1n) is 6.31. The number of fused-ring (bicyclic) bond motifs is 1. The van der Waals surface area contributed by atoms with Crippen LogP contribution in [-0.2, 0) is 4.79 Å². The van der Waals surface area contributed by atoms with Crippen molar-refractivity contribution in [2.45, 2.75) is 18.9 Å². The molecule has 1 atom stereocenters. The molecule has 0 aliphatic heterocycles. The molecular formula is C14H10Cl2INO3. The molecule has 1 aliphatic carbocycles. The number of halogens is 3. The van der Waals surface area contributed by atoms with Crippen LogP contribution in [0.3, 0.4) is 0 Å². The number of carboxylic acids is 1. The van der Waals surface area contributed by atoms with E-state index in [2.05, 4.69) is 27.6 Å². The zero-order valence-corrected chi connectivity index (χ0v) is 14.3. The normalized spacial score (nSPS) is 16.0. The van der Waals surface area contributed by atoms with Crippen LogP contribution in [0.1, 0.15) is 12.8 Å². The molecule has 0 saturated heterocycles. The molecule has 1 aromatic carbocycles. The molecule has 2 aromatic rings. The highest BCUT2D eigenvalue weighted by molar-refractivity contribution is 14.1. The fraction of sp³-hybridized carbons (Fsp3) is 0.286. The van der Waals surface area contributed by atoms with E-state index in [0.29, 0.717) is 30.4 Å². The number of hydrogen-bond donors (Lipinski definition) is 1. The number of carboxylic acid groups (broad SMARTS) is 1. The van der Waals surface area contributed by atoms with Crippen molar-refractivity contribution in [3.8, 4) is 5.75 Å². The lowest BCUT2D eigenvalue weighted by molar-refractivity contribution is -0.146. The van der Waals surface area contributed by atoms with Gasteiger partial charge in [0.25, 0.3) is 0 Å². The Bertz CT molecular complexity index is 734. The van der Waals surface area contributed by atoms with Crippen LogP contribution in [0.5, 0.6) is 5.75 Å². The third-order valence-electron chi connectivity index (χ3n) is 3.34. The molecule has 7 heteroatoms. The average molecular weight is 438 g/mol. The summed E-state index contributed by atoms with van der Waals surface area (Å²) in [6.07, 6.45) is 0.879. The number of ether oxygens (including phenoxy) is 1. The Morgan fingerprint density at radius 2 is 2.14 bits per heavy atom. The largest absolute Gasteiger partial charge is 0.478 e. The third-order valence-corrected chi connectivity index (χ3v) is 4.67. The molecule has 1 aliphatic rings. The Morgan fingerprint density at radius 1 is 1.43 bits per heavy atom. The fourth-order valence-electron chi connectivity index (χ4n) is 2.16. The minimum absolute atomic E-state index is 0.0585. The molecule has 1 N–H and O–H groups in total. The first kappa shape index (κ1) is 15.1. The second-order valence-electron chi connectivity index (χ2n) is 4.91. The summed E-state index contributed by atoms with van der Waals surface area (Å²) < 4.78 is 6.48. The van der Waals surface area contributed by atoms with Gasteiger partial charge in [-0.1, -0.05) is 23.2 Å². The van der Waals surface area contributed by atoms with Crippen LogP contribution in [-0.4, -0.2) is 22.2 Å². The van der Waals surface area contributed by atoms with Crippen LogP contribution in [0.2, 0.25) is 10.2 Å². The maximum Gasteiger partial charge on any atom is 0.345 e. The molecule has 1 heterocycles. The Labute approximate surface area is 144 Å². The molecule has 3 rings (SSSR count). The van der Waals surface area contributed by atoms with E-state index >= 15 is 0 Å². The standard InChI is InChI=1S/C14H10Cl2INO3/c15-8-5-9(17)13(11-7(8)3-4-10(16)18-11)21-12(14(19)20)6-1-2-6/h3-6,12H,1-2H2,(H,19,20). The quantitative estimate of drug-likeness (QED) is 0.569. The summed E-state index contributed by atoms with van der Waals surface area (Å²) in [5, 5.41) is 10.8. The van der Waals surface area contributed by atoms with E-state index in [1.807, 2.05) is 0 Å². The van der Waals surface area contributed by atoms with Gasteiger partial charge in [-0.05, 0) is 53.6 Å². The zero-order valence-electron chi connectivity index (χ0n) is 10.6. The van der Waals surface area contributed by atoms with Gasteiger partial charge in [0.15, 0.2) is 11.9 Å². The third kappa shape index (κ3) is 3.05. The molecule has 0 radical (unpaired) electrons. The van der Waals surface area contributed by atoms with Crippen LogP contribution in [0, 0.1) is 9.49 Å². The van der Waals surface area contributed by atoms with Gasteiger partial charge >= 0.3 is 5.97 Å². The van der Waals surface area contributed by atoms with Crippen molar-refractivity contribution in [3.63, 3.8) is 0 Å². The van der Waals surface area contributed by atoms with Crippen molar-refractivity contribution < 1.29 is 14.6 Å². The van der Waals surface area contributed by atoms with E-state index in [4.69, 9.17) is 27.9 Å². The molecule has 1 fully saturated rings. The lowest BCUT2D eigenvalue weighted by Gasteiger charge is -2.17. The molecule has 0 amide bonds. The van der Waals surface area contributed by atoms with Gasteiger partial charge in [0.05, 0.1) is 8.59 Å². The summed E-state index contributed by atoms with van der Waals surface area (Å²) in [4.78, 5) is 15.6. The minimum atomic E-state index is -0.960. The first-order chi connectivity index (χ1) is 9.97. The van der Waals surface area contributed by atoms with Crippen LogP contribution in [0.15, 0.2) is 18.2 Å². The van der Waals surface area contributed by atoms with E-state index < -0.39 is 12.1 Å². The molecule has 110 valence electrons. The van der Waals surface area contributed by atoms with Gasteiger partial charge < -0.3 is 9.84 Å². The highest BCUT2D eigenvalue weighted by Gasteiger charge is 2.39. The highest BCUT2D eigenvalue weighted by Crippen LogP contribution is 2.40. The molecule has 4 nitrogen and oxygen atoms in total. The number of carbonyl (C=O) groups is 1. The minimum Gasteiger partial charge on any atom is -0.478 e. The van der Waals surface area contributed by atoms with Crippen LogP contribution < -0.4 is 4.74 Å². The topological polar surface area (TPSA) is 59.4 Å². The number of nitrogens with zero attached hydrogens (tertiary/aromatic N) is 1. The Balaban J connectivity index is 2.12. The van der Waals surface area contributed by atoms with Gasteiger partial charge in [0.2, 0.25) is 0 Å². The maximum absolute atomic E-state index is 11.4. The van der Waals surface area contributed by atoms with Crippen molar-refractivity contribution in [3.05, 3.63) is 31.9 Å². The average Bonchev–Trinajstić information content (AvgIpc) is 3.22. The van der Waals surface area contributed by atoms with Crippen LogP contribution in [0.25, 0.3) is 10.9 Å². The lowest BCUT2D eigenvalue weighted by Crippen LogP contribution is -2.29. The van der Waals surface area contributed by atoms with Crippen LogP contribution in [0.4, 0.5) is 0 Å². The summed E-state index contributed by atoms with van der Waals surface area (Å²) >= 11 is 14.2. The van der Waals surface area contributed by atoms with Gasteiger partial charge in [-0.25, -0.2) is 9.78 Å². The number of rotatable bonds is 4. The molecule has 0 spiro atoms. The second-order valence-corrected chi connectivity index (χ2v) is 6.87. The number of pyridine rings is 1. The fourth-order valence-corrected chi connectivity index (χ4v) is 3.44. The van der Waals surface area contributed by atoms with Gasteiger partial charge in [0.1, 0.15) is 10.7 Å². The van der Waals surface area contributed by atoms with Crippen molar-refractivity contribution in [1.82, 2.24) is 4.98 Å². The molecule has 21 heavy (non-hydrogen) atoms. The molecule has 1 unspecified atom stereocenters. The first-order valence-corrected chi connectivity index (χ1v) is 8.14. The molecule has 1 saturated carbocycles. The summed E-state index contributed by atoms with van der Waals surface area (Å²) in [6.45, 7) is 0. The second kappa shape index (κ2) is 5.78. The van der Waals surface area contributed by atoms with Gasteiger partial charge in [-0.3, -0.25) is 0 Å². The number of hydrogen-bond acceptors (Lipinski definition) is 3. The summed E-state index contributed by atoms with van der Waals surface area (Å²) in [5.41, 5.74) is 0.492. The Kier molecular flexibility index (Phi) is 4.16. The van der Waals surface area contributed by atoms with E-state index in [9.17, 15) is 9.90 Å². The van der Waals surface area contributed by atoms with Crippen molar-refractivity contribution in [1.29, 1.82) is 0 Å². The Morgan fingerprint density at radius 3 is 2.76 bits per heavy atom. The van der Waals surface area contributed by atoms with E-state index in [0.717, 1.165) is 12.8 Å². The zero-order chi connectivity index (χ0) is 15.1. The number of benzene rings is 1. The predicted octanol–water partition coefficient (Wildman–Crippen LogP) is 4.39. The summed E-state index contributed by atoms with van der Waals surface area (Å²) in [5.74, 6) is -0.474. The van der Waals surface area contributed by atoms with Crippen molar-refractivity contribution >= 4 is 62.7 Å². The smallest absolute Gasteiger partial charge is 0.345 e. The van der Waals surface area contributed by atoms with E-state index in [1.54, 1.807) is 18.2 Å². The van der Waals surface area contributed by atoms with Crippen molar-refractivity contribution in [2.75, 3.05) is 0 Å². The van der Waals surface area contributed by atoms with Gasteiger partial charge in [0, 0.05) is 11.3 Å². The maximum atomic E-state index is 11.4. The lowest BCUT2D eigenvalue weighted by atomic mass is 10.2. The predicted molar refractivity (Wildman–Crippen MR) is 89.3 cm³/mol. The molecule has 1 aromatic heterocycles. The Hall–Kier alpha value is -0.790. The summed E-state index contributed by atoms with van der Waals surface area (Å²) in [7, 11) is 0. The van der Waals surface area contributed by atoms with Crippen molar-refractivity contribution in [2.24, 2.45) is 5.92 Å². The van der Waals surface area contributed by atoms with E-state index in [-0.39, 0.29) is 5.92 Å². The number of aliphatic carboxylic acids is 1. The summed E-state index contributed by atoms with van der Waals surface area (Å²) in [6, 6.07) is 5.13. The van der Waals surface area contributed by atoms with E-state index in [1.165, 1.54) is 0 Å². The van der Waals surface area contributed by atoms with Gasteiger partial charge in [-0.2, -0.15) is 0 Å². The monoisotopic (exact) mass is 437 g/mol. The molecule has 0 bridgehead atoms. The number of aromatic nitrogens is 1. The van der Waals surface area contributed by atoms with Gasteiger partial charge in [-0.15, -0.1) is 0 Å². The SMILES string of the molecule is O=C(O)C(Oc1c(I)cc(Cl)c2ccc(Cl)nc12)C1CC1. The van der Waals surface area contributed by atoms with Crippen LogP contribution >= 0.6 is 45.8 Å².